The third kappa shape index (κ3) is 1.88. The number of pyridine rings is 1. The molecule has 3 rings (SSSR count). The maximum Gasteiger partial charge on any atom is 0.179 e. The summed E-state index contributed by atoms with van der Waals surface area (Å²) in [6, 6.07) is 4.00. The van der Waals surface area contributed by atoms with Crippen LogP contribution in [0.15, 0.2) is 18.3 Å². The quantitative estimate of drug-likeness (QED) is 0.730. The van der Waals surface area contributed by atoms with Crippen molar-refractivity contribution in [1.82, 2.24) is 24.3 Å². The van der Waals surface area contributed by atoms with Crippen molar-refractivity contribution in [3.8, 4) is 0 Å². The van der Waals surface area contributed by atoms with Gasteiger partial charge in [-0.3, -0.25) is 14.2 Å². The molecule has 0 aromatic carbocycles. The Morgan fingerprint density at radius 3 is 2.89 bits per heavy atom. The van der Waals surface area contributed by atoms with E-state index in [-0.39, 0.29) is 0 Å². The van der Waals surface area contributed by atoms with Gasteiger partial charge < -0.3 is 4.98 Å². The number of imidazole rings is 1. The molecular weight excluding hydrogens is 258 g/mol. The van der Waals surface area contributed by atoms with Gasteiger partial charge in [-0.05, 0) is 37.7 Å². The van der Waals surface area contributed by atoms with Crippen LogP contribution in [0.5, 0.6) is 0 Å². The molecule has 0 amide bonds. The van der Waals surface area contributed by atoms with Gasteiger partial charge in [0.1, 0.15) is 5.52 Å². The van der Waals surface area contributed by atoms with Crippen molar-refractivity contribution in [2.75, 3.05) is 0 Å². The summed E-state index contributed by atoms with van der Waals surface area (Å²) in [5.74, 6) is 0. The van der Waals surface area contributed by atoms with Crippen molar-refractivity contribution in [3.05, 3.63) is 40.1 Å². The van der Waals surface area contributed by atoms with Gasteiger partial charge in [-0.1, -0.05) is 6.07 Å². The third-order valence-electron chi connectivity index (χ3n) is 3.35. The fourth-order valence-corrected chi connectivity index (χ4v) is 2.61. The van der Waals surface area contributed by atoms with Crippen molar-refractivity contribution < 1.29 is 0 Å². The fourth-order valence-electron chi connectivity index (χ4n) is 2.35. The highest BCUT2D eigenvalue weighted by Gasteiger charge is 2.13. The Morgan fingerprint density at radius 1 is 1.37 bits per heavy atom. The summed E-state index contributed by atoms with van der Waals surface area (Å²) in [5, 5.41) is 4.41. The van der Waals surface area contributed by atoms with E-state index < -0.39 is 0 Å². The second-order valence-corrected chi connectivity index (χ2v) is 5.08. The van der Waals surface area contributed by atoms with Crippen molar-refractivity contribution in [2.45, 2.75) is 20.4 Å². The van der Waals surface area contributed by atoms with Crippen LogP contribution in [-0.4, -0.2) is 24.3 Å². The molecule has 0 saturated carbocycles. The first-order valence-corrected chi connectivity index (χ1v) is 6.51. The average Bonchev–Trinajstić information content (AvgIpc) is 2.82. The maximum atomic E-state index is 5.41. The Hall–Kier alpha value is -1.95. The highest BCUT2D eigenvalue weighted by atomic mass is 32.1. The van der Waals surface area contributed by atoms with E-state index in [4.69, 9.17) is 12.2 Å². The molecule has 3 heterocycles. The Kier molecular flexibility index (Phi) is 2.74. The van der Waals surface area contributed by atoms with Gasteiger partial charge in [0.15, 0.2) is 10.4 Å². The first-order chi connectivity index (χ1) is 9.08. The van der Waals surface area contributed by atoms with Gasteiger partial charge in [-0.15, -0.1) is 0 Å². The van der Waals surface area contributed by atoms with Crippen molar-refractivity contribution in [1.29, 1.82) is 0 Å². The highest BCUT2D eigenvalue weighted by Crippen LogP contribution is 2.18. The molecule has 0 radical (unpaired) electrons. The molecule has 0 unspecified atom stereocenters. The normalized spacial score (nSPS) is 11.3. The topological polar surface area (TPSA) is 51.4 Å². The summed E-state index contributed by atoms with van der Waals surface area (Å²) in [7, 11) is 1.93. The van der Waals surface area contributed by atoms with Crippen LogP contribution in [0.4, 0.5) is 0 Å². The van der Waals surface area contributed by atoms with Crippen molar-refractivity contribution in [3.63, 3.8) is 0 Å². The van der Waals surface area contributed by atoms with Gasteiger partial charge in [0, 0.05) is 13.2 Å². The van der Waals surface area contributed by atoms with E-state index in [0.717, 1.165) is 28.1 Å². The Labute approximate surface area is 115 Å². The molecule has 3 aromatic heterocycles. The molecule has 0 aliphatic rings. The number of hydrogen-bond acceptors (Lipinski definition) is 3. The van der Waals surface area contributed by atoms with Gasteiger partial charge in [0.2, 0.25) is 0 Å². The lowest BCUT2D eigenvalue weighted by Gasteiger charge is -2.06. The smallest absolute Gasteiger partial charge is 0.179 e. The summed E-state index contributed by atoms with van der Waals surface area (Å²) in [6.45, 7) is 4.69. The molecule has 98 valence electrons. The van der Waals surface area contributed by atoms with Crippen molar-refractivity contribution >= 4 is 23.4 Å². The van der Waals surface area contributed by atoms with Gasteiger partial charge in [0.05, 0.1) is 17.9 Å². The molecule has 0 saturated heterocycles. The molecule has 0 bridgehead atoms. The Balaban J connectivity index is 2.18. The zero-order valence-corrected chi connectivity index (χ0v) is 12.0. The number of nitrogens with zero attached hydrogens (tertiary/aromatic N) is 4. The number of rotatable bonds is 2. The summed E-state index contributed by atoms with van der Waals surface area (Å²) in [6.07, 6.45) is 1.81. The SMILES string of the molecule is Cc1cccnc1Cn1c(=S)[nH]c2c(C)nn(C)c21. The van der Waals surface area contributed by atoms with Crippen LogP contribution in [0.2, 0.25) is 0 Å². The number of aromatic nitrogens is 5. The standard InChI is InChI=1S/C13H15N5S/c1-8-5-4-6-14-10(8)7-18-12-11(15-13(18)19)9(2)16-17(12)3/h4-6H,7H2,1-3H3,(H,15,19). The number of aromatic amines is 1. The van der Waals surface area contributed by atoms with E-state index in [2.05, 4.69) is 28.1 Å². The largest absolute Gasteiger partial charge is 0.328 e. The van der Waals surface area contributed by atoms with Crippen LogP contribution in [-0.2, 0) is 13.6 Å². The summed E-state index contributed by atoms with van der Waals surface area (Å²) in [5.41, 5.74) is 5.16. The first kappa shape index (κ1) is 12.1. The average molecular weight is 273 g/mol. The first-order valence-electron chi connectivity index (χ1n) is 6.10. The van der Waals surface area contributed by atoms with E-state index in [0.29, 0.717) is 11.3 Å². The molecule has 1 N–H and O–H groups in total. The molecule has 0 atom stereocenters. The number of fused-ring (bicyclic) bond motifs is 1. The lowest BCUT2D eigenvalue weighted by Crippen LogP contribution is -2.06. The van der Waals surface area contributed by atoms with Crippen LogP contribution in [0.1, 0.15) is 17.0 Å². The van der Waals surface area contributed by atoms with Gasteiger partial charge in [-0.2, -0.15) is 5.10 Å². The van der Waals surface area contributed by atoms with E-state index >= 15 is 0 Å². The molecule has 0 fully saturated rings. The molecule has 5 nitrogen and oxygen atoms in total. The minimum atomic E-state index is 0.657. The number of H-pyrrole nitrogens is 1. The lowest BCUT2D eigenvalue weighted by atomic mass is 10.2. The van der Waals surface area contributed by atoms with Crippen LogP contribution in [0.25, 0.3) is 11.2 Å². The van der Waals surface area contributed by atoms with E-state index in [1.807, 2.05) is 35.5 Å². The molecule has 0 aliphatic heterocycles. The van der Waals surface area contributed by atoms with Crippen molar-refractivity contribution in [2.24, 2.45) is 7.05 Å². The maximum absolute atomic E-state index is 5.41. The Morgan fingerprint density at radius 2 is 2.16 bits per heavy atom. The zero-order chi connectivity index (χ0) is 13.6. The lowest BCUT2D eigenvalue weighted by molar-refractivity contribution is 0.704. The minimum Gasteiger partial charge on any atom is -0.328 e. The molecule has 0 aliphatic carbocycles. The predicted molar refractivity (Wildman–Crippen MR) is 76.7 cm³/mol. The second kappa shape index (κ2) is 4.31. The zero-order valence-electron chi connectivity index (χ0n) is 11.1. The van der Waals surface area contributed by atoms with Crippen LogP contribution >= 0.6 is 12.2 Å². The molecule has 19 heavy (non-hydrogen) atoms. The number of aryl methyl sites for hydroxylation is 3. The van der Waals surface area contributed by atoms with Gasteiger partial charge in [-0.25, -0.2) is 0 Å². The van der Waals surface area contributed by atoms with Gasteiger partial charge in [0.25, 0.3) is 0 Å². The third-order valence-corrected chi connectivity index (χ3v) is 3.67. The predicted octanol–water partition coefficient (Wildman–Crippen LogP) is 2.49. The van der Waals surface area contributed by atoms with Crippen LogP contribution in [0.3, 0.4) is 0 Å². The minimum absolute atomic E-state index is 0.657. The number of hydrogen-bond donors (Lipinski definition) is 1. The molecule has 0 spiro atoms. The second-order valence-electron chi connectivity index (χ2n) is 4.69. The summed E-state index contributed by atoms with van der Waals surface area (Å²) >= 11 is 5.41. The molecular formula is C13H15N5S. The van der Waals surface area contributed by atoms with E-state index in [1.165, 1.54) is 0 Å². The monoisotopic (exact) mass is 273 g/mol. The van der Waals surface area contributed by atoms with Gasteiger partial charge >= 0.3 is 0 Å². The number of nitrogens with one attached hydrogen (secondary N) is 1. The molecule has 3 aromatic rings. The molecule has 6 heteroatoms. The van der Waals surface area contributed by atoms with E-state index in [9.17, 15) is 0 Å². The summed E-state index contributed by atoms with van der Waals surface area (Å²) in [4.78, 5) is 7.65. The highest BCUT2D eigenvalue weighted by molar-refractivity contribution is 7.71. The fraction of sp³-hybridized carbons (Fsp3) is 0.308. The van der Waals surface area contributed by atoms with Crippen LogP contribution in [0, 0.1) is 18.6 Å². The Bertz CT molecular complexity index is 808. The van der Waals surface area contributed by atoms with Crippen LogP contribution < -0.4 is 0 Å². The van der Waals surface area contributed by atoms with E-state index in [1.54, 1.807) is 0 Å². The summed E-state index contributed by atoms with van der Waals surface area (Å²) < 4.78 is 4.60.